The van der Waals surface area contributed by atoms with E-state index < -0.39 is 21.5 Å². The van der Waals surface area contributed by atoms with Crippen molar-refractivity contribution < 1.29 is 14.2 Å². The summed E-state index contributed by atoms with van der Waals surface area (Å²) in [5, 5.41) is 0.312. The van der Waals surface area contributed by atoms with Crippen molar-refractivity contribution in [3.8, 4) is 5.75 Å². The topological polar surface area (TPSA) is 27.7 Å². The molecule has 3 nitrogen and oxygen atoms in total. The summed E-state index contributed by atoms with van der Waals surface area (Å²) in [6.07, 6.45) is 1.89. The number of halogens is 4. The summed E-state index contributed by atoms with van der Waals surface area (Å²) in [5.41, 5.74) is 0.523. The molecule has 3 atom stereocenters. The summed E-state index contributed by atoms with van der Waals surface area (Å²) in [7, 11) is 4.70. The molecule has 7 heteroatoms. The van der Waals surface area contributed by atoms with Crippen LogP contribution < -0.4 is 4.74 Å². The molecule has 2 bridgehead atoms. The molecule has 2 aliphatic rings. The van der Waals surface area contributed by atoms with Crippen molar-refractivity contribution in [1.29, 1.82) is 0 Å². The number of rotatable bonds is 6. The van der Waals surface area contributed by atoms with Crippen LogP contribution in [-0.4, -0.2) is 37.4 Å². The van der Waals surface area contributed by atoms with Gasteiger partial charge in [-0.15, -0.1) is 23.2 Å². The number of hydrogen-bond donors (Lipinski definition) is 0. The fraction of sp³-hybridized carbons (Fsp3) is 0.556. The van der Waals surface area contributed by atoms with E-state index >= 15 is 0 Å². The Bertz CT molecular complexity index is 703. The van der Waals surface area contributed by atoms with Gasteiger partial charge in [0.05, 0.1) is 12.1 Å². The SMILES string of the molecule is COc1cccc(CC[C@@]23C[C@@](Cl)(C(Cl)=C2Cl)C(OC)(OC)C3Cl)c1. The molecular formula is C18H20Cl4O3. The highest BCUT2D eigenvalue weighted by molar-refractivity contribution is 6.48. The molecule has 1 unspecified atom stereocenters. The molecule has 25 heavy (non-hydrogen) atoms. The quantitative estimate of drug-likeness (QED) is 0.457. The van der Waals surface area contributed by atoms with E-state index in [2.05, 4.69) is 0 Å². The number of allylic oxidation sites excluding steroid dienone is 1. The van der Waals surface area contributed by atoms with Crippen molar-refractivity contribution in [3.63, 3.8) is 0 Å². The number of fused-ring (bicyclic) bond motifs is 2. The highest BCUT2D eigenvalue weighted by atomic mass is 35.5. The maximum atomic E-state index is 6.85. The molecule has 2 aliphatic carbocycles. The molecule has 0 radical (unpaired) electrons. The third kappa shape index (κ3) is 2.55. The molecular weight excluding hydrogens is 406 g/mol. The first-order valence-corrected chi connectivity index (χ1v) is 9.51. The van der Waals surface area contributed by atoms with Gasteiger partial charge in [-0.25, -0.2) is 0 Å². The van der Waals surface area contributed by atoms with E-state index in [1.807, 2.05) is 24.3 Å². The van der Waals surface area contributed by atoms with Gasteiger partial charge in [0.25, 0.3) is 0 Å². The molecule has 0 saturated heterocycles. The molecule has 0 aromatic heterocycles. The van der Waals surface area contributed by atoms with Crippen molar-refractivity contribution in [2.24, 2.45) is 5.41 Å². The Morgan fingerprint density at radius 3 is 2.40 bits per heavy atom. The largest absolute Gasteiger partial charge is 0.497 e. The first-order valence-electron chi connectivity index (χ1n) is 7.94. The van der Waals surface area contributed by atoms with E-state index in [9.17, 15) is 0 Å². The second-order valence-corrected chi connectivity index (χ2v) is 8.39. The van der Waals surface area contributed by atoms with Crippen molar-refractivity contribution in [2.45, 2.75) is 35.3 Å². The van der Waals surface area contributed by atoms with Crippen molar-refractivity contribution >= 4 is 46.4 Å². The molecule has 0 amide bonds. The van der Waals surface area contributed by atoms with Gasteiger partial charge in [-0.1, -0.05) is 35.3 Å². The van der Waals surface area contributed by atoms with Crippen molar-refractivity contribution in [3.05, 3.63) is 39.9 Å². The third-order valence-corrected chi connectivity index (χ3v) is 8.07. The molecule has 1 saturated carbocycles. The predicted molar refractivity (Wildman–Crippen MR) is 102 cm³/mol. The van der Waals surface area contributed by atoms with E-state index in [0.29, 0.717) is 22.9 Å². The number of alkyl halides is 2. The minimum absolute atomic E-state index is 0.363. The van der Waals surface area contributed by atoms with Gasteiger partial charge in [0.2, 0.25) is 5.79 Å². The van der Waals surface area contributed by atoms with Gasteiger partial charge < -0.3 is 14.2 Å². The van der Waals surface area contributed by atoms with Crippen molar-refractivity contribution in [2.75, 3.05) is 21.3 Å². The minimum Gasteiger partial charge on any atom is -0.497 e. The molecule has 0 spiro atoms. The maximum Gasteiger partial charge on any atom is 0.209 e. The monoisotopic (exact) mass is 424 g/mol. The average molecular weight is 426 g/mol. The van der Waals surface area contributed by atoms with Crippen LogP contribution in [0.1, 0.15) is 18.4 Å². The first kappa shape index (κ1) is 19.6. The average Bonchev–Trinajstić information content (AvgIpc) is 2.96. The molecule has 1 aromatic rings. The van der Waals surface area contributed by atoms with Crippen LogP contribution in [0.15, 0.2) is 34.3 Å². The fourth-order valence-corrected chi connectivity index (χ4v) is 6.39. The fourth-order valence-electron chi connectivity index (χ4n) is 4.16. The molecule has 0 heterocycles. The molecule has 3 rings (SSSR count). The predicted octanol–water partition coefficient (Wildman–Crippen LogP) is 5.29. The highest BCUT2D eigenvalue weighted by Crippen LogP contribution is 2.72. The summed E-state index contributed by atoms with van der Waals surface area (Å²) < 4.78 is 16.6. The van der Waals surface area contributed by atoms with Crippen LogP contribution in [0.4, 0.5) is 0 Å². The second-order valence-electron chi connectivity index (χ2n) is 6.55. The van der Waals surface area contributed by atoms with Gasteiger partial charge in [-0.3, -0.25) is 0 Å². The number of benzene rings is 1. The van der Waals surface area contributed by atoms with Gasteiger partial charge in [0.15, 0.2) is 0 Å². The Balaban J connectivity index is 1.95. The Labute approximate surface area is 168 Å². The van der Waals surface area contributed by atoms with E-state index in [1.54, 1.807) is 7.11 Å². The zero-order valence-corrected chi connectivity index (χ0v) is 17.3. The summed E-state index contributed by atoms with van der Waals surface area (Å²) in [6.45, 7) is 0. The Morgan fingerprint density at radius 2 is 1.80 bits per heavy atom. The molecule has 0 aliphatic heterocycles. The van der Waals surface area contributed by atoms with E-state index in [1.165, 1.54) is 14.2 Å². The van der Waals surface area contributed by atoms with Crippen LogP contribution in [0, 0.1) is 5.41 Å². The standard InChI is InChI=1S/C18H20Cl4O3/c1-23-12-6-4-5-11(9-12)7-8-16-10-17(22,14(20)13(16)19)18(24-2,25-3)15(16)21/h4-6,9,15H,7-8,10H2,1-3H3/t15?,16-,17-/m1/s1. The van der Waals surface area contributed by atoms with Crippen molar-refractivity contribution in [1.82, 2.24) is 0 Å². The van der Waals surface area contributed by atoms with E-state index in [0.717, 1.165) is 17.7 Å². The van der Waals surface area contributed by atoms with E-state index in [-0.39, 0.29) is 0 Å². The minimum atomic E-state index is -1.22. The van der Waals surface area contributed by atoms with Gasteiger partial charge in [0.1, 0.15) is 16.0 Å². The van der Waals surface area contributed by atoms with Gasteiger partial charge >= 0.3 is 0 Å². The first-order chi connectivity index (χ1) is 11.8. The summed E-state index contributed by atoms with van der Waals surface area (Å²) >= 11 is 26.8. The summed E-state index contributed by atoms with van der Waals surface area (Å²) in [6, 6.07) is 7.90. The normalized spacial score (nSPS) is 33.2. The Hall–Kier alpha value is -0.160. The summed E-state index contributed by atoms with van der Waals surface area (Å²) in [5.74, 6) is -0.412. The van der Waals surface area contributed by atoms with Crippen LogP contribution in [0.2, 0.25) is 0 Å². The Kier molecular flexibility index (Phi) is 5.31. The van der Waals surface area contributed by atoms with Gasteiger partial charge in [-0.05, 0) is 37.0 Å². The lowest BCUT2D eigenvalue weighted by Gasteiger charge is -2.45. The third-order valence-electron chi connectivity index (χ3n) is 5.51. The Morgan fingerprint density at radius 1 is 1.12 bits per heavy atom. The molecule has 1 fully saturated rings. The molecule has 1 aromatic carbocycles. The number of hydrogen-bond acceptors (Lipinski definition) is 3. The number of methoxy groups -OCH3 is 3. The van der Waals surface area contributed by atoms with E-state index in [4.69, 9.17) is 60.6 Å². The van der Waals surface area contributed by atoms with Gasteiger partial charge in [0, 0.05) is 24.7 Å². The lowest BCUT2D eigenvalue weighted by atomic mass is 9.80. The highest BCUT2D eigenvalue weighted by Gasteiger charge is 2.77. The summed E-state index contributed by atoms with van der Waals surface area (Å²) in [4.78, 5) is -1.09. The molecule has 138 valence electrons. The smallest absolute Gasteiger partial charge is 0.209 e. The van der Waals surface area contributed by atoms with Crippen LogP contribution >= 0.6 is 46.4 Å². The second kappa shape index (κ2) is 6.78. The number of aryl methyl sites for hydroxylation is 1. The van der Waals surface area contributed by atoms with Crippen LogP contribution in [-0.2, 0) is 15.9 Å². The zero-order chi connectivity index (χ0) is 18.5. The maximum absolute atomic E-state index is 6.85. The lowest BCUT2D eigenvalue weighted by molar-refractivity contribution is -0.214. The lowest BCUT2D eigenvalue weighted by Crippen LogP contribution is -2.57. The van der Waals surface area contributed by atoms with Crippen LogP contribution in [0.25, 0.3) is 0 Å². The van der Waals surface area contributed by atoms with Gasteiger partial charge in [-0.2, -0.15) is 0 Å². The molecule has 0 N–H and O–H groups in total. The van der Waals surface area contributed by atoms with Crippen LogP contribution in [0.5, 0.6) is 5.75 Å². The number of ether oxygens (including phenoxy) is 3. The zero-order valence-electron chi connectivity index (χ0n) is 14.2. The van der Waals surface area contributed by atoms with Crippen LogP contribution in [0.3, 0.4) is 0 Å².